The summed E-state index contributed by atoms with van der Waals surface area (Å²) in [5.74, 6) is 0.688. The standard InChI is InChI=1S/C18H24N4O3S/c19-15-14-12(25-9-10-3-1-2-4-10)7-11(5-6-22-18(21)24)8-13(14)26-16(15)17(20)23/h7-8,10H,1-6,9,19H2,(H2,20,23)(H3,21,22,24). The van der Waals surface area contributed by atoms with E-state index in [1.807, 2.05) is 12.1 Å². The van der Waals surface area contributed by atoms with E-state index in [0.717, 1.165) is 15.6 Å². The highest BCUT2D eigenvalue weighted by atomic mass is 32.1. The number of primary amides is 2. The highest BCUT2D eigenvalue weighted by Gasteiger charge is 2.20. The van der Waals surface area contributed by atoms with E-state index in [1.54, 1.807) is 0 Å². The van der Waals surface area contributed by atoms with Crippen molar-refractivity contribution < 1.29 is 14.3 Å². The molecule has 7 N–H and O–H groups in total. The van der Waals surface area contributed by atoms with Crippen molar-refractivity contribution in [2.24, 2.45) is 17.4 Å². The summed E-state index contributed by atoms with van der Waals surface area (Å²) in [6.45, 7) is 1.06. The molecule has 0 atom stereocenters. The van der Waals surface area contributed by atoms with Crippen LogP contribution >= 0.6 is 11.3 Å². The number of nitrogens with one attached hydrogen (secondary N) is 1. The Morgan fingerprint density at radius 2 is 1.96 bits per heavy atom. The lowest BCUT2D eigenvalue weighted by atomic mass is 10.1. The third-order valence-electron chi connectivity index (χ3n) is 4.74. The van der Waals surface area contributed by atoms with E-state index >= 15 is 0 Å². The molecule has 0 aliphatic heterocycles. The number of anilines is 1. The van der Waals surface area contributed by atoms with E-state index in [4.69, 9.17) is 21.9 Å². The summed E-state index contributed by atoms with van der Waals surface area (Å²) in [6, 6.07) is 3.32. The maximum atomic E-state index is 11.7. The van der Waals surface area contributed by atoms with Gasteiger partial charge in [0.25, 0.3) is 5.91 Å². The quantitative estimate of drug-likeness (QED) is 0.590. The molecule has 1 fully saturated rings. The van der Waals surface area contributed by atoms with Crippen LogP contribution in [0.15, 0.2) is 12.1 Å². The first kappa shape index (κ1) is 18.3. The summed E-state index contributed by atoms with van der Waals surface area (Å²) in [5, 5.41) is 3.32. The number of nitrogens with two attached hydrogens (primary N) is 3. The minimum atomic E-state index is -0.555. The normalized spacial score (nSPS) is 14.6. The molecule has 0 radical (unpaired) electrons. The van der Waals surface area contributed by atoms with Crippen molar-refractivity contribution in [3.05, 3.63) is 22.6 Å². The van der Waals surface area contributed by atoms with Gasteiger partial charge in [-0.1, -0.05) is 12.8 Å². The first-order chi connectivity index (χ1) is 12.5. The Hall–Kier alpha value is -2.48. The number of hydrogen-bond acceptors (Lipinski definition) is 5. The SMILES string of the molecule is NC(=O)NCCc1cc(OCC2CCCC2)c2c(N)c(C(N)=O)sc2c1. The summed E-state index contributed by atoms with van der Waals surface area (Å²) in [4.78, 5) is 22.9. The molecule has 140 valence electrons. The van der Waals surface area contributed by atoms with E-state index in [2.05, 4.69) is 5.32 Å². The fourth-order valence-electron chi connectivity index (χ4n) is 3.42. The largest absolute Gasteiger partial charge is 0.493 e. The van der Waals surface area contributed by atoms with E-state index < -0.39 is 11.9 Å². The second-order valence-corrected chi connectivity index (χ2v) is 7.73. The summed E-state index contributed by atoms with van der Waals surface area (Å²) in [5.41, 5.74) is 18.1. The maximum absolute atomic E-state index is 11.7. The van der Waals surface area contributed by atoms with Gasteiger partial charge < -0.3 is 27.3 Å². The second-order valence-electron chi connectivity index (χ2n) is 6.68. The van der Waals surface area contributed by atoms with Gasteiger partial charge in [-0.05, 0) is 42.9 Å². The summed E-state index contributed by atoms with van der Waals surface area (Å²) in [6.07, 6.45) is 5.44. The molecule has 1 aromatic heterocycles. The number of urea groups is 1. The number of carbonyl (C=O) groups excluding carboxylic acids is 2. The number of nitrogen functional groups attached to an aromatic ring is 1. The molecule has 1 aromatic carbocycles. The minimum Gasteiger partial charge on any atom is -0.493 e. The van der Waals surface area contributed by atoms with Gasteiger partial charge in [0.1, 0.15) is 10.6 Å². The number of fused-ring (bicyclic) bond motifs is 1. The Kier molecular flexibility index (Phi) is 5.51. The Bertz CT molecular complexity index is 827. The summed E-state index contributed by atoms with van der Waals surface area (Å²) in [7, 11) is 0. The van der Waals surface area contributed by atoms with E-state index in [9.17, 15) is 9.59 Å². The number of thiophene rings is 1. The predicted octanol–water partition coefficient (Wildman–Crippen LogP) is 2.36. The molecule has 1 aliphatic rings. The van der Waals surface area contributed by atoms with Gasteiger partial charge in [-0.3, -0.25) is 4.79 Å². The molecule has 0 spiro atoms. The van der Waals surface area contributed by atoms with Crippen LogP contribution in [-0.2, 0) is 6.42 Å². The fourth-order valence-corrected chi connectivity index (χ4v) is 4.48. The molecular weight excluding hydrogens is 352 g/mol. The van der Waals surface area contributed by atoms with Crippen molar-refractivity contribution in [2.45, 2.75) is 32.1 Å². The minimum absolute atomic E-state index is 0.345. The van der Waals surface area contributed by atoms with Crippen LogP contribution < -0.4 is 27.3 Å². The average Bonchev–Trinajstić information content (AvgIpc) is 3.20. The van der Waals surface area contributed by atoms with Crippen molar-refractivity contribution in [3.8, 4) is 5.75 Å². The van der Waals surface area contributed by atoms with Crippen LogP contribution in [0.3, 0.4) is 0 Å². The van der Waals surface area contributed by atoms with Crippen molar-refractivity contribution in [3.63, 3.8) is 0 Å². The molecule has 0 unspecified atom stereocenters. The molecule has 2 aromatic rings. The van der Waals surface area contributed by atoms with Crippen LogP contribution in [0.2, 0.25) is 0 Å². The summed E-state index contributed by atoms with van der Waals surface area (Å²) < 4.78 is 6.96. The van der Waals surface area contributed by atoms with Crippen LogP contribution in [0.25, 0.3) is 10.1 Å². The third kappa shape index (κ3) is 4.01. The van der Waals surface area contributed by atoms with Gasteiger partial charge in [-0.2, -0.15) is 0 Å². The number of rotatable bonds is 7. The van der Waals surface area contributed by atoms with E-state index in [0.29, 0.717) is 41.8 Å². The van der Waals surface area contributed by atoms with Crippen molar-refractivity contribution in [1.29, 1.82) is 0 Å². The molecule has 1 heterocycles. The number of amides is 3. The lowest BCUT2D eigenvalue weighted by Gasteiger charge is -2.14. The van der Waals surface area contributed by atoms with Crippen LogP contribution in [-0.4, -0.2) is 25.1 Å². The molecule has 7 nitrogen and oxygen atoms in total. The molecule has 1 saturated carbocycles. The van der Waals surface area contributed by atoms with Gasteiger partial charge in [0.05, 0.1) is 17.7 Å². The predicted molar refractivity (Wildman–Crippen MR) is 103 cm³/mol. The third-order valence-corrected chi connectivity index (χ3v) is 5.90. The zero-order chi connectivity index (χ0) is 18.7. The molecule has 0 saturated heterocycles. The van der Waals surface area contributed by atoms with Crippen molar-refractivity contribution in [2.75, 3.05) is 18.9 Å². The first-order valence-electron chi connectivity index (χ1n) is 8.76. The van der Waals surface area contributed by atoms with Gasteiger partial charge in [-0.15, -0.1) is 11.3 Å². The van der Waals surface area contributed by atoms with Crippen molar-refractivity contribution in [1.82, 2.24) is 5.32 Å². The molecule has 26 heavy (non-hydrogen) atoms. The summed E-state index contributed by atoms with van der Waals surface area (Å²) >= 11 is 1.27. The van der Waals surface area contributed by atoms with Gasteiger partial charge in [0, 0.05) is 11.2 Å². The Morgan fingerprint density at radius 3 is 2.62 bits per heavy atom. The zero-order valence-corrected chi connectivity index (χ0v) is 15.4. The Balaban J connectivity index is 1.91. The molecule has 3 amide bonds. The first-order valence-corrected chi connectivity index (χ1v) is 9.58. The number of ether oxygens (including phenoxy) is 1. The highest BCUT2D eigenvalue weighted by Crippen LogP contribution is 2.41. The van der Waals surface area contributed by atoms with Crippen LogP contribution in [0.1, 0.15) is 40.9 Å². The average molecular weight is 376 g/mol. The number of hydrogen-bond donors (Lipinski definition) is 4. The van der Waals surface area contributed by atoms with Gasteiger partial charge in [0.15, 0.2) is 0 Å². The molecule has 3 rings (SSSR count). The molecular formula is C18H24N4O3S. The monoisotopic (exact) mass is 376 g/mol. The topological polar surface area (TPSA) is 133 Å². The van der Waals surface area contributed by atoms with Crippen LogP contribution in [0.5, 0.6) is 5.75 Å². The smallest absolute Gasteiger partial charge is 0.312 e. The van der Waals surface area contributed by atoms with E-state index in [-0.39, 0.29) is 0 Å². The highest BCUT2D eigenvalue weighted by molar-refractivity contribution is 7.21. The van der Waals surface area contributed by atoms with Crippen LogP contribution in [0.4, 0.5) is 10.5 Å². The molecule has 8 heteroatoms. The Labute approximate surface area is 155 Å². The van der Waals surface area contributed by atoms with Gasteiger partial charge >= 0.3 is 6.03 Å². The Morgan fingerprint density at radius 1 is 1.23 bits per heavy atom. The zero-order valence-electron chi connectivity index (χ0n) is 14.5. The number of carbonyl (C=O) groups is 2. The molecule has 1 aliphatic carbocycles. The van der Waals surface area contributed by atoms with Gasteiger partial charge in [0.2, 0.25) is 0 Å². The van der Waals surface area contributed by atoms with Crippen LogP contribution in [0, 0.1) is 5.92 Å². The van der Waals surface area contributed by atoms with Gasteiger partial charge in [-0.25, -0.2) is 4.79 Å². The lowest BCUT2D eigenvalue weighted by molar-refractivity contribution is 0.100. The second kappa shape index (κ2) is 7.82. The number of benzene rings is 1. The lowest BCUT2D eigenvalue weighted by Crippen LogP contribution is -2.30. The maximum Gasteiger partial charge on any atom is 0.312 e. The van der Waals surface area contributed by atoms with Crippen molar-refractivity contribution >= 4 is 39.0 Å². The van der Waals surface area contributed by atoms with E-state index in [1.165, 1.54) is 37.0 Å². The molecule has 0 bridgehead atoms. The fraction of sp³-hybridized carbons (Fsp3) is 0.444.